The average Bonchev–Trinajstić information content (AvgIpc) is 2.39. The molecule has 1 aliphatic heterocycles. The van der Waals surface area contributed by atoms with Crippen molar-refractivity contribution in [3.05, 3.63) is 35.9 Å². The van der Waals surface area contributed by atoms with Gasteiger partial charge in [0.25, 0.3) is 0 Å². The molecule has 0 aromatic heterocycles. The molecule has 0 saturated carbocycles. The van der Waals surface area contributed by atoms with E-state index >= 15 is 0 Å². The molecule has 0 amide bonds. The van der Waals surface area contributed by atoms with Crippen LogP contribution in [0.15, 0.2) is 30.3 Å². The molecule has 3 heteroatoms. The first kappa shape index (κ1) is 12.1. The molecule has 2 rings (SSSR count). The zero-order valence-electron chi connectivity index (χ0n) is 10.2. The van der Waals surface area contributed by atoms with E-state index in [4.69, 9.17) is 0 Å². The van der Waals surface area contributed by atoms with Crippen LogP contribution in [0.25, 0.3) is 0 Å². The minimum atomic E-state index is -0.688. The number of aliphatic carboxylic acids is 1. The lowest BCUT2D eigenvalue weighted by Crippen LogP contribution is -2.45. The van der Waals surface area contributed by atoms with Crippen LogP contribution in [0.2, 0.25) is 0 Å². The molecule has 0 spiro atoms. The van der Waals surface area contributed by atoms with Crippen molar-refractivity contribution in [1.29, 1.82) is 0 Å². The first-order valence-electron chi connectivity index (χ1n) is 6.23. The molecular formula is C14H19NO2. The zero-order valence-corrected chi connectivity index (χ0v) is 10.2. The van der Waals surface area contributed by atoms with Crippen molar-refractivity contribution in [2.24, 2.45) is 0 Å². The lowest BCUT2D eigenvalue weighted by atomic mass is 9.97. The predicted molar refractivity (Wildman–Crippen MR) is 66.8 cm³/mol. The van der Waals surface area contributed by atoms with Gasteiger partial charge < -0.3 is 5.11 Å². The molecule has 0 radical (unpaired) electrons. The molecule has 0 unspecified atom stereocenters. The number of hydrogen-bond acceptors (Lipinski definition) is 2. The standard InChI is InChI=1S/C14H19NO2/c1-11(12-7-3-2-4-8-12)15-10-6-5-9-13(15)14(16)17/h2-4,7-8,11,13H,5-6,9-10H2,1H3,(H,16,17)/t11-,13-/m1/s1. The number of carboxylic acids is 1. The zero-order chi connectivity index (χ0) is 12.3. The highest BCUT2D eigenvalue weighted by atomic mass is 16.4. The van der Waals surface area contributed by atoms with E-state index in [9.17, 15) is 9.90 Å². The fourth-order valence-electron chi connectivity index (χ4n) is 2.61. The van der Waals surface area contributed by atoms with Gasteiger partial charge in [-0.3, -0.25) is 9.69 Å². The summed E-state index contributed by atoms with van der Waals surface area (Å²) in [7, 11) is 0. The molecule has 1 heterocycles. The molecule has 0 bridgehead atoms. The van der Waals surface area contributed by atoms with Crippen molar-refractivity contribution in [2.45, 2.75) is 38.3 Å². The van der Waals surface area contributed by atoms with Crippen molar-refractivity contribution in [3.63, 3.8) is 0 Å². The van der Waals surface area contributed by atoms with Gasteiger partial charge in [0.2, 0.25) is 0 Å². The van der Waals surface area contributed by atoms with E-state index in [1.165, 1.54) is 5.56 Å². The summed E-state index contributed by atoms with van der Waals surface area (Å²) in [6, 6.07) is 9.99. The van der Waals surface area contributed by atoms with Gasteiger partial charge in [0.05, 0.1) is 0 Å². The van der Waals surface area contributed by atoms with E-state index in [-0.39, 0.29) is 12.1 Å². The number of likely N-dealkylation sites (tertiary alicyclic amines) is 1. The Balaban J connectivity index is 2.16. The number of benzene rings is 1. The van der Waals surface area contributed by atoms with Gasteiger partial charge in [0, 0.05) is 6.04 Å². The average molecular weight is 233 g/mol. The Morgan fingerprint density at radius 1 is 1.35 bits per heavy atom. The maximum absolute atomic E-state index is 11.3. The topological polar surface area (TPSA) is 40.5 Å². The van der Waals surface area contributed by atoms with Crippen LogP contribution in [0.1, 0.15) is 37.8 Å². The molecule has 1 aliphatic rings. The predicted octanol–water partition coefficient (Wildman–Crippen LogP) is 2.69. The summed E-state index contributed by atoms with van der Waals surface area (Å²) < 4.78 is 0. The van der Waals surface area contributed by atoms with Crippen LogP contribution in [0.4, 0.5) is 0 Å². The van der Waals surface area contributed by atoms with Crippen molar-refractivity contribution < 1.29 is 9.90 Å². The van der Waals surface area contributed by atoms with E-state index in [0.717, 1.165) is 25.8 Å². The molecule has 1 aromatic carbocycles. The molecule has 1 saturated heterocycles. The second kappa shape index (κ2) is 5.32. The first-order chi connectivity index (χ1) is 8.20. The molecule has 1 fully saturated rings. The molecule has 1 N–H and O–H groups in total. The SMILES string of the molecule is C[C@H](c1ccccc1)N1CCCC[C@@H]1C(=O)O. The van der Waals surface area contributed by atoms with Crippen LogP contribution in [0, 0.1) is 0 Å². The van der Waals surface area contributed by atoms with Crippen molar-refractivity contribution in [3.8, 4) is 0 Å². The van der Waals surface area contributed by atoms with E-state index in [0.29, 0.717) is 0 Å². The summed E-state index contributed by atoms with van der Waals surface area (Å²) in [5.74, 6) is -0.688. The Labute approximate surface area is 102 Å². The van der Waals surface area contributed by atoms with E-state index < -0.39 is 5.97 Å². The van der Waals surface area contributed by atoms with Crippen LogP contribution in [-0.2, 0) is 4.79 Å². The summed E-state index contributed by atoms with van der Waals surface area (Å²) in [6.45, 7) is 2.98. The fourth-order valence-corrected chi connectivity index (χ4v) is 2.61. The summed E-state index contributed by atoms with van der Waals surface area (Å²) in [5, 5.41) is 9.26. The van der Waals surface area contributed by atoms with Gasteiger partial charge in [-0.15, -0.1) is 0 Å². The van der Waals surface area contributed by atoms with Crippen molar-refractivity contribution in [2.75, 3.05) is 6.54 Å². The molecule has 0 aliphatic carbocycles. The van der Waals surface area contributed by atoms with Gasteiger partial charge in [-0.05, 0) is 31.9 Å². The molecule has 2 atom stereocenters. The number of rotatable bonds is 3. The maximum atomic E-state index is 11.3. The summed E-state index contributed by atoms with van der Waals surface area (Å²) in [5.41, 5.74) is 1.20. The Morgan fingerprint density at radius 3 is 2.71 bits per heavy atom. The Kier molecular flexibility index (Phi) is 3.79. The minimum Gasteiger partial charge on any atom is -0.480 e. The van der Waals surface area contributed by atoms with Gasteiger partial charge in [0.1, 0.15) is 6.04 Å². The highest BCUT2D eigenvalue weighted by Gasteiger charge is 2.31. The van der Waals surface area contributed by atoms with Gasteiger partial charge in [0.15, 0.2) is 0 Å². The maximum Gasteiger partial charge on any atom is 0.320 e. The normalized spacial score (nSPS) is 23.2. The van der Waals surface area contributed by atoms with Crippen molar-refractivity contribution >= 4 is 5.97 Å². The van der Waals surface area contributed by atoms with Crippen molar-refractivity contribution in [1.82, 2.24) is 4.90 Å². The van der Waals surface area contributed by atoms with Crippen LogP contribution in [0.3, 0.4) is 0 Å². The van der Waals surface area contributed by atoms with Crippen LogP contribution >= 0.6 is 0 Å². The molecule has 1 aromatic rings. The Bertz CT molecular complexity index is 377. The number of piperidine rings is 1. The van der Waals surface area contributed by atoms with Crippen LogP contribution in [-0.4, -0.2) is 28.6 Å². The van der Waals surface area contributed by atoms with E-state index in [2.05, 4.69) is 24.0 Å². The minimum absolute atomic E-state index is 0.178. The second-order valence-electron chi connectivity index (χ2n) is 4.67. The fraction of sp³-hybridized carbons (Fsp3) is 0.500. The third kappa shape index (κ3) is 2.67. The van der Waals surface area contributed by atoms with E-state index in [1.807, 2.05) is 18.2 Å². The largest absolute Gasteiger partial charge is 0.480 e. The smallest absolute Gasteiger partial charge is 0.320 e. The molecule has 92 valence electrons. The van der Waals surface area contributed by atoms with Gasteiger partial charge in [-0.25, -0.2) is 0 Å². The van der Waals surface area contributed by atoms with Gasteiger partial charge in [-0.2, -0.15) is 0 Å². The van der Waals surface area contributed by atoms with E-state index in [1.54, 1.807) is 0 Å². The highest BCUT2D eigenvalue weighted by molar-refractivity contribution is 5.73. The molecule has 3 nitrogen and oxygen atoms in total. The van der Waals surface area contributed by atoms with Gasteiger partial charge >= 0.3 is 5.97 Å². The number of nitrogens with zero attached hydrogens (tertiary/aromatic N) is 1. The number of carboxylic acid groups (broad SMARTS) is 1. The van der Waals surface area contributed by atoms with Gasteiger partial charge in [-0.1, -0.05) is 36.8 Å². The third-order valence-electron chi connectivity index (χ3n) is 3.61. The number of hydrogen-bond donors (Lipinski definition) is 1. The molecule has 17 heavy (non-hydrogen) atoms. The summed E-state index contributed by atoms with van der Waals surface area (Å²) >= 11 is 0. The third-order valence-corrected chi connectivity index (χ3v) is 3.61. The second-order valence-corrected chi connectivity index (χ2v) is 4.67. The lowest BCUT2D eigenvalue weighted by molar-refractivity contribution is -0.145. The highest BCUT2D eigenvalue weighted by Crippen LogP contribution is 2.28. The van der Waals surface area contributed by atoms with Crippen LogP contribution < -0.4 is 0 Å². The Morgan fingerprint density at radius 2 is 2.06 bits per heavy atom. The van der Waals surface area contributed by atoms with Crippen LogP contribution in [0.5, 0.6) is 0 Å². The summed E-state index contributed by atoms with van der Waals surface area (Å²) in [4.78, 5) is 13.4. The number of carbonyl (C=O) groups is 1. The Hall–Kier alpha value is -1.35. The summed E-state index contributed by atoms with van der Waals surface area (Å²) in [6.07, 6.45) is 2.89. The molecular weight excluding hydrogens is 214 g/mol. The monoisotopic (exact) mass is 233 g/mol. The quantitative estimate of drug-likeness (QED) is 0.872. The first-order valence-corrected chi connectivity index (χ1v) is 6.23. The lowest BCUT2D eigenvalue weighted by Gasteiger charge is -2.37.